The van der Waals surface area contributed by atoms with Crippen molar-refractivity contribution in [1.29, 1.82) is 0 Å². The molecule has 0 spiro atoms. The van der Waals surface area contributed by atoms with E-state index in [9.17, 15) is 17.9 Å². The SMILES string of the molecule is COCC(O)Cc1ccc(S(N)(=O)=O)cc1F. The van der Waals surface area contributed by atoms with E-state index in [2.05, 4.69) is 0 Å². The molecule has 1 aromatic carbocycles. The van der Waals surface area contributed by atoms with Gasteiger partial charge in [-0.1, -0.05) is 6.07 Å². The van der Waals surface area contributed by atoms with Crippen LogP contribution in [0.15, 0.2) is 23.1 Å². The van der Waals surface area contributed by atoms with E-state index in [1.807, 2.05) is 0 Å². The lowest BCUT2D eigenvalue weighted by Gasteiger charge is -2.10. The zero-order chi connectivity index (χ0) is 13.1. The molecule has 0 bridgehead atoms. The molecule has 17 heavy (non-hydrogen) atoms. The van der Waals surface area contributed by atoms with Gasteiger partial charge in [0.25, 0.3) is 0 Å². The Kier molecular flexibility index (Phi) is 4.58. The van der Waals surface area contributed by atoms with Crippen LogP contribution in [0.25, 0.3) is 0 Å². The predicted molar refractivity (Wildman–Crippen MR) is 59.4 cm³/mol. The fourth-order valence-corrected chi connectivity index (χ4v) is 1.90. The van der Waals surface area contributed by atoms with Crippen molar-refractivity contribution >= 4 is 10.0 Å². The number of primary sulfonamides is 1. The van der Waals surface area contributed by atoms with Gasteiger partial charge in [-0.15, -0.1) is 0 Å². The molecule has 0 radical (unpaired) electrons. The van der Waals surface area contributed by atoms with Gasteiger partial charge in [0.05, 0.1) is 17.6 Å². The summed E-state index contributed by atoms with van der Waals surface area (Å²) in [7, 11) is -2.49. The maximum absolute atomic E-state index is 13.5. The van der Waals surface area contributed by atoms with Gasteiger partial charge in [-0.3, -0.25) is 0 Å². The van der Waals surface area contributed by atoms with Crippen molar-refractivity contribution < 1.29 is 22.7 Å². The summed E-state index contributed by atoms with van der Waals surface area (Å²) >= 11 is 0. The highest BCUT2D eigenvalue weighted by molar-refractivity contribution is 7.89. The highest BCUT2D eigenvalue weighted by Crippen LogP contribution is 2.15. The Bertz CT molecular complexity index is 489. The van der Waals surface area contributed by atoms with Crippen molar-refractivity contribution in [1.82, 2.24) is 0 Å². The van der Waals surface area contributed by atoms with E-state index in [1.54, 1.807) is 0 Å². The molecule has 0 aliphatic rings. The summed E-state index contributed by atoms with van der Waals surface area (Å²) in [6.45, 7) is 0.0797. The van der Waals surface area contributed by atoms with Crippen LogP contribution >= 0.6 is 0 Å². The van der Waals surface area contributed by atoms with Crippen LogP contribution in [0.2, 0.25) is 0 Å². The molecule has 1 unspecified atom stereocenters. The van der Waals surface area contributed by atoms with Crippen molar-refractivity contribution in [3.05, 3.63) is 29.6 Å². The Hall–Kier alpha value is -1.02. The second-order valence-corrected chi connectivity index (χ2v) is 5.17. The summed E-state index contributed by atoms with van der Waals surface area (Å²) in [6.07, 6.45) is -0.792. The van der Waals surface area contributed by atoms with Crippen LogP contribution in [0.3, 0.4) is 0 Å². The first kappa shape index (κ1) is 14.0. The van der Waals surface area contributed by atoms with Gasteiger partial charge in [-0.05, 0) is 17.7 Å². The number of sulfonamides is 1. The number of hydrogen-bond acceptors (Lipinski definition) is 4. The maximum atomic E-state index is 13.5. The number of methoxy groups -OCH3 is 1. The van der Waals surface area contributed by atoms with Crippen LogP contribution in [-0.4, -0.2) is 33.3 Å². The van der Waals surface area contributed by atoms with Crippen LogP contribution in [0.1, 0.15) is 5.56 Å². The molecular weight excluding hydrogens is 249 g/mol. The lowest BCUT2D eigenvalue weighted by atomic mass is 10.1. The van der Waals surface area contributed by atoms with Crippen LogP contribution in [0, 0.1) is 5.82 Å². The third-order valence-electron chi connectivity index (χ3n) is 2.17. The second-order valence-electron chi connectivity index (χ2n) is 3.61. The predicted octanol–water partition coefficient (Wildman–Crippen LogP) is 0.0229. The van der Waals surface area contributed by atoms with Crippen molar-refractivity contribution in [2.24, 2.45) is 5.14 Å². The van der Waals surface area contributed by atoms with E-state index in [0.29, 0.717) is 0 Å². The molecule has 0 saturated carbocycles. The van der Waals surface area contributed by atoms with E-state index in [0.717, 1.165) is 6.07 Å². The van der Waals surface area contributed by atoms with Gasteiger partial charge in [-0.25, -0.2) is 17.9 Å². The quantitative estimate of drug-likeness (QED) is 0.784. The monoisotopic (exact) mass is 263 g/mol. The van der Waals surface area contributed by atoms with Gasteiger partial charge in [0.2, 0.25) is 10.0 Å². The maximum Gasteiger partial charge on any atom is 0.238 e. The van der Waals surface area contributed by atoms with E-state index in [1.165, 1.54) is 19.2 Å². The molecule has 0 amide bonds. The number of halogens is 1. The van der Waals surface area contributed by atoms with Crippen LogP contribution in [0.5, 0.6) is 0 Å². The highest BCUT2D eigenvalue weighted by atomic mass is 32.2. The van der Waals surface area contributed by atoms with E-state index < -0.39 is 21.9 Å². The molecule has 1 atom stereocenters. The highest BCUT2D eigenvalue weighted by Gasteiger charge is 2.13. The molecule has 3 N–H and O–H groups in total. The van der Waals surface area contributed by atoms with Crippen molar-refractivity contribution in [2.45, 2.75) is 17.4 Å². The first-order valence-corrected chi connectivity index (χ1v) is 6.37. The lowest BCUT2D eigenvalue weighted by molar-refractivity contribution is 0.0645. The van der Waals surface area contributed by atoms with Crippen LogP contribution < -0.4 is 5.14 Å². The van der Waals surface area contributed by atoms with Gasteiger partial charge < -0.3 is 9.84 Å². The third-order valence-corrected chi connectivity index (χ3v) is 3.08. The minimum atomic E-state index is -3.91. The summed E-state index contributed by atoms with van der Waals surface area (Å²) < 4.78 is 40.1. The Labute approximate surface area is 99.1 Å². The Balaban J connectivity index is 2.91. The zero-order valence-corrected chi connectivity index (χ0v) is 10.1. The molecule has 7 heteroatoms. The van der Waals surface area contributed by atoms with Gasteiger partial charge in [0.1, 0.15) is 5.82 Å². The number of benzene rings is 1. The fourth-order valence-electron chi connectivity index (χ4n) is 1.38. The molecule has 5 nitrogen and oxygen atoms in total. The summed E-state index contributed by atoms with van der Waals surface area (Å²) in [4.78, 5) is -0.292. The third kappa shape index (κ3) is 4.04. The average Bonchev–Trinajstić information content (AvgIpc) is 2.20. The minimum Gasteiger partial charge on any atom is -0.390 e. The Morgan fingerprint density at radius 2 is 2.18 bits per heavy atom. The molecule has 0 aliphatic heterocycles. The number of rotatable bonds is 5. The number of nitrogens with two attached hydrogens (primary N) is 1. The first-order chi connectivity index (χ1) is 7.84. The summed E-state index contributed by atoms with van der Waals surface area (Å²) in [5, 5.41) is 14.3. The van der Waals surface area contributed by atoms with Crippen LogP contribution in [0.4, 0.5) is 4.39 Å². The topological polar surface area (TPSA) is 89.6 Å². The van der Waals surface area contributed by atoms with E-state index in [-0.39, 0.29) is 23.5 Å². The number of aliphatic hydroxyl groups excluding tert-OH is 1. The molecule has 1 aromatic rings. The van der Waals surface area contributed by atoms with Crippen molar-refractivity contribution in [3.63, 3.8) is 0 Å². The minimum absolute atomic E-state index is 0.0462. The van der Waals surface area contributed by atoms with Crippen molar-refractivity contribution in [2.75, 3.05) is 13.7 Å². The Morgan fingerprint density at radius 3 is 2.65 bits per heavy atom. The van der Waals surface area contributed by atoms with Gasteiger partial charge in [-0.2, -0.15) is 0 Å². The molecule has 96 valence electrons. The van der Waals surface area contributed by atoms with Gasteiger partial charge in [0.15, 0.2) is 0 Å². The van der Waals surface area contributed by atoms with Crippen LogP contribution in [-0.2, 0) is 21.2 Å². The normalized spacial score (nSPS) is 13.6. The summed E-state index contributed by atoms with van der Waals surface area (Å²) in [5.41, 5.74) is 0.210. The average molecular weight is 263 g/mol. The smallest absolute Gasteiger partial charge is 0.238 e. The second kappa shape index (κ2) is 5.54. The fraction of sp³-hybridized carbons (Fsp3) is 0.400. The zero-order valence-electron chi connectivity index (χ0n) is 9.26. The first-order valence-electron chi connectivity index (χ1n) is 4.83. The molecule has 0 aromatic heterocycles. The van der Waals surface area contributed by atoms with Gasteiger partial charge in [0, 0.05) is 13.5 Å². The van der Waals surface area contributed by atoms with Crippen molar-refractivity contribution in [3.8, 4) is 0 Å². The molecule has 0 saturated heterocycles. The standard InChI is InChI=1S/C10H14FNO4S/c1-16-6-8(13)4-7-2-3-9(5-10(7)11)17(12,14)15/h2-3,5,8,13H,4,6H2,1H3,(H2,12,14,15). The molecular formula is C10H14FNO4S. The summed E-state index contributed by atoms with van der Waals surface area (Å²) in [5.74, 6) is -0.716. The summed E-state index contributed by atoms with van der Waals surface area (Å²) in [6, 6.07) is 3.32. The molecule has 0 heterocycles. The van der Waals surface area contributed by atoms with E-state index in [4.69, 9.17) is 9.88 Å². The largest absolute Gasteiger partial charge is 0.390 e. The number of aliphatic hydroxyl groups is 1. The Morgan fingerprint density at radius 1 is 1.53 bits per heavy atom. The molecule has 0 aliphatic carbocycles. The lowest BCUT2D eigenvalue weighted by Crippen LogP contribution is -2.18. The number of hydrogen-bond donors (Lipinski definition) is 2. The van der Waals surface area contributed by atoms with E-state index >= 15 is 0 Å². The number of ether oxygens (including phenoxy) is 1. The molecule has 0 fully saturated rings. The van der Waals surface area contributed by atoms with Gasteiger partial charge >= 0.3 is 0 Å². The molecule has 1 rings (SSSR count).